The number of benzene rings is 9. The van der Waals surface area contributed by atoms with Gasteiger partial charge < -0.3 is 4.90 Å². The summed E-state index contributed by atoms with van der Waals surface area (Å²) in [4.78, 5) is 2.56. The van der Waals surface area contributed by atoms with Gasteiger partial charge in [0.05, 0.1) is 5.41 Å². The van der Waals surface area contributed by atoms with Crippen LogP contribution in [0.25, 0.3) is 54.6 Å². The molecule has 1 nitrogen and oxygen atoms in total. The third kappa shape index (κ3) is 4.05. The Hall–Kier alpha value is -6.44. The van der Waals surface area contributed by atoms with Gasteiger partial charge in [-0.25, -0.2) is 0 Å². The first-order valence-electron chi connectivity index (χ1n) is 18.3. The Bertz CT molecular complexity index is 2760. The number of nitrogens with zero attached hydrogens (tertiary/aromatic N) is 1. The molecule has 9 aromatic carbocycles. The fraction of sp³-hybridized carbons (Fsp3) is 0.0588. The molecule has 0 heterocycles. The summed E-state index contributed by atoms with van der Waals surface area (Å²) in [5.74, 6) is 0. The van der Waals surface area contributed by atoms with Crippen LogP contribution in [-0.2, 0) is 18.5 Å². The monoisotopic (exact) mass is 661 g/mol. The largest absolute Gasteiger partial charge is 0.363 e. The zero-order valence-corrected chi connectivity index (χ0v) is 28.8. The molecule has 0 aliphatic heterocycles. The molecule has 0 unspecified atom stereocenters. The van der Waals surface area contributed by atoms with Gasteiger partial charge in [0.25, 0.3) is 0 Å². The fourth-order valence-electron chi connectivity index (χ4n) is 9.71. The lowest BCUT2D eigenvalue weighted by Gasteiger charge is -2.31. The molecular weight excluding hydrogens is 627 g/mol. The number of hydrogen-bond acceptors (Lipinski definition) is 1. The van der Waals surface area contributed by atoms with Crippen LogP contribution in [0.2, 0.25) is 0 Å². The van der Waals surface area contributed by atoms with E-state index in [0.29, 0.717) is 0 Å². The van der Waals surface area contributed by atoms with Gasteiger partial charge in [0.1, 0.15) is 0 Å². The Morgan fingerprint density at radius 3 is 1.40 bits per heavy atom. The van der Waals surface area contributed by atoms with E-state index in [9.17, 15) is 0 Å². The SMILES string of the molecule is c1ccc(N(Cc2ccc3c(c2)C2(c4ccccc4-c4ccccc42)c2ccccc2-3)Cc2cccc3c4ccccc4c4ccccc4c23)cc1. The highest BCUT2D eigenvalue weighted by molar-refractivity contribution is 6.26. The molecule has 0 saturated carbocycles. The van der Waals surface area contributed by atoms with Gasteiger partial charge in [-0.05, 0) is 100 Å². The summed E-state index contributed by atoms with van der Waals surface area (Å²) in [5, 5.41) is 7.91. The Morgan fingerprint density at radius 2 is 0.808 bits per heavy atom. The normalized spacial score (nSPS) is 13.3. The molecule has 0 atom stereocenters. The molecule has 0 N–H and O–H groups in total. The van der Waals surface area contributed by atoms with Gasteiger partial charge in [0.2, 0.25) is 0 Å². The Balaban J connectivity index is 1.09. The molecule has 0 bridgehead atoms. The highest BCUT2D eigenvalue weighted by Crippen LogP contribution is 2.62. The highest BCUT2D eigenvalue weighted by atomic mass is 15.1. The smallest absolute Gasteiger partial charge is 0.0725 e. The van der Waals surface area contributed by atoms with E-state index in [1.54, 1.807) is 0 Å². The molecule has 9 aromatic rings. The van der Waals surface area contributed by atoms with Crippen molar-refractivity contribution in [3.05, 3.63) is 221 Å². The quantitative estimate of drug-likeness (QED) is 0.166. The molecule has 1 spiro atoms. The summed E-state index contributed by atoms with van der Waals surface area (Å²) in [6.07, 6.45) is 0. The van der Waals surface area contributed by atoms with E-state index in [-0.39, 0.29) is 5.41 Å². The van der Waals surface area contributed by atoms with E-state index < -0.39 is 0 Å². The standard InChI is InChI=1S/C51H35N/c1-2-16-36(17-3-1)52(33-35-15-14-25-45-39-19-5-4-18-37(39)38-20-6-7-24-44(38)50(35)45)32-34-29-30-43-42-23-10-13-28-48(42)51(49(43)31-34)46-26-11-8-21-40(46)41-22-9-12-27-47(41)51/h1-31H,32-33H2. The summed E-state index contributed by atoms with van der Waals surface area (Å²) < 4.78 is 0. The van der Waals surface area contributed by atoms with Crippen LogP contribution in [0, 0.1) is 0 Å². The van der Waals surface area contributed by atoms with Gasteiger partial charge in [0, 0.05) is 18.8 Å². The minimum Gasteiger partial charge on any atom is -0.363 e. The summed E-state index contributed by atoms with van der Waals surface area (Å²) in [5.41, 5.74) is 14.4. The Labute approximate surface area is 304 Å². The van der Waals surface area contributed by atoms with Crippen molar-refractivity contribution in [1.29, 1.82) is 0 Å². The molecule has 244 valence electrons. The van der Waals surface area contributed by atoms with Crippen LogP contribution in [0.3, 0.4) is 0 Å². The predicted molar refractivity (Wildman–Crippen MR) is 218 cm³/mol. The molecule has 52 heavy (non-hydrogen) atoms. The maximum Gasteiger partial charge on any atom is 0.0725 e. The van der Waals surface area contributed by atoms with Gasteiger partial charge in [-0.1, -0.05) is 176 Å². The summed E-state index contributed by atoms with van der Waals surface area (Å²) in [6, 6.07) is 70.1. The van der Waals surface area contributed by atoms with Crippen molar-refractivity contribution in [2.24, 2.45) is 0 Å². The zero-order valence-electron chi connectivity index (χ0n) is 28.8. The van der Waals surface area contributed by atoms with E-state index in [1.807, 2.05) is 0 Å². The summed E-state index contributed by atoms with van der Waals surface area (Å²) in [7, 11) is 0. The van der Waals surface area contributed by atoms with Gasteiger partial charge in [0.15, 0.2) is 0 Å². The number of rotatable bonds is 5. The molecule has 0 radical (unpaired) electrons. The van der Waals surface area contributed by atoms with Gasteiger partial charge >= 0.3 is 0 Å². The maximum atomic E-state index is 2.56. The van der Waals surface area contributed by atoms with E-state index in [2.05, 4.69) is 193 Å². The second-order valence-corrected chi connectivity index (χ2v) is 14.4. The van der Waals surface area contributed by atoms with Crippen LogP contribution < -0.4 is 4.90 Å². The van der Waals surface area contributed by atoms with Crippen molar-refractivity contribution in [2.45, 2.75) is 18.5 Å². The summed E-state index contributed by atoms with van der Waals surface area (Å²) in [6.45, 7) is 1.58. The maximum absolute atomic E-state index is 2.56. The molecule has 11 rings (SSSR count). The van der Waals surface area contributed by atoms with Crippen molar-refractivity contribution in [2.75, 3.05) is 4.90 Å². The molecule has 2 aliphatic rings. The first kappa shape index (κ1) is 29.3. The first-order chi connectivity index (χ1) is 25.8. The van der Waals surface area contributed by atoms with E-state index in [1.165, 1.54) is 93.6 Å². The van der Waals surface area contributed by atoms with Crippen LogP contribution in [0.5, 0.6) is 0 Å². The van der Waals surface area contributed by atoms with E-state index >= 15 is 0 Å². The van der Waals surface area contributed by atoms with Crippen LogP contribution >= 0.6 is 0 Å². The topological polar surface area (TPSA) is 3.24 Å². The number of hydrogen-bond donors (Lipinski definition) is 0. The van der Waals surface area contributed by atoms with Crippen molar-refractivity contribution in [3.63, 3.8) is 0 Å². The Kier molecular flexibility index (Phi) is 6.36. The average Bonchev–Trinajstić information content (AvgIpc) is 3.68. The molecule has 0 saturated heterocycles. The van der Waals surface area contributed by atoms with Crippen LogP contribution in [0.1, 0.15) is 33.4 Å². The van der Waals surface area contributed by atoms with Crippen LogP contribution in [0.4, 0.5) is 5.69 Å². The number of anilines is 1. The van der Waals surface area contributed by atoms with E-state index in [4.69, 9.17) is 0 Å². The lowest BCUT2D eigenvalue weighted by atomic mass is 9.70. The van der Waals surface area contributed by atoms with E-state index in [0.717, 1.165) is 13.1 Å². The third-order valence-corrected chi connectivity index (χ3v) is 11.8. The molecular formula is C51H35N. The molecule has 0 aromatic heterocycles. The molecule has 2 aliphatic carbocycles. The van der Waals surface area contributed by atoms with Crippen LogP contribution in [-0.4, -0.2) is 0 Å². The number of para-hydroxylation sites is 1. The Morgan fingerprint density at radius 1 is 0.346 bits per heavy atom. The minimum absolute atomic E-state index is 0.345. The van der Waals surface area contributed by atoms with Crippen molar-refractivity contribution in [1.82, 2.24) is 0 Å². The van der Waals surface area contributed by atoms with Crippen molar-refractivity contribution < 1.29 is 0 Å². The lowest BCUT2D eigenvalue weighted by molar-refractivity contribution is 0.778. The zero-order chi connectivity index (χ0) is 34.2. The summed E-state index contributed by atoms with van der Waals surface area (Å²) >= 11 is 0. The van der Waals surface area contributed by atoms with Crippen LogP contribution in [0.15, 0.2) is 188 Å². The van der Waals surface area contributed by atoms with Gasteiger partial charge in [-0.15, -0.1) is 0 Å². The highest BCUT2D eigenvalue weighted by Gasteiger charge is 2.51. The average molecular weight is 662 g/mol. The number of fused-ring (bicyclic) bond motifs is 16. The minimum atomic E-state index is -0.345. The second-order valence-electron chi connectivity index (χ2n) is 14.4. The van der Waals surface area contributed by atoms with Crippen molar-refractivity contribution in [3.8, 4) is 22.3 Å². The second kappa shape index (κ2) is 11.3. The third-order valence-electron chi connectivity index (χ3n) is 11.8. The molecule has 0 amide bonds. The van der Waals surface area contributed by atoms with Gasteiger partial charge in [-0.3, -0.25) is 0 Å². The molecule has 0 fully saturated rings. The van der Waals surface area contributed by atoms with Gasteiger partial charge in [-0.2, -0.15) is 0 Å². The fourth-order valence-corrected chi connectivity index (χ4v) is 9.71. The lowest BCUT2D eigenvalue weighted by Crippen LogP contribution is -2.26. The van der Waals surface area contributed by atoms with Crippen molar-refractivity contribution >= 4 is 38.0 Å². The first-order valence-corrected chi connectivity index (χ1v) is 18.3. The predicted octanol–water partition coefficient (Wildman–Crippen LogP) is 12.7. The molecule has 1 heteroatoms.